The molecule has 1 fully saturated rings. The molecule has 1 saturated heterocycles. The number of carbonyl (C=O) groups is 1. The molecule has 158 valence electrons. The number of carbonyl (C=O) groups excluding carboxylic acids is 1. The van der Waals surface area contributed by atoms with Gasteiger partial charge in [-0.05, 0) is 38.0 Å². The number of morpholine rings is 1. The molecule has 29 heavy (non-hydrogen) atoms. The molecule has 7 nitrogen and oxygen atoms in total. The number of hydrogen-bond donors (Lipinski definition) is 1. The average molecular weight is 420 g/mol. The van der Waals surface area contributed by atoms with E-state index in [0.717, 1.165) is 54.9 Å². The average Bonchev–Trinajstić information content (AvgIpc) is 3.19. The highest BCUT2D eigenvalue weighted by Gasteiger charge is 2.15. The first-order valence-electron chi connectivity index (χ1n) is 10.1. The van der Waals surface area contributed by atoms with Crippen molar-refractivity contribution in [1.82, 2.24) is 15.2 Å². The lowest BCUT2D eigenvalue weighted by atomic mass is 10.1. The second kappa shape index (κ2) is 11.1. The topological polar surface area (TPSA) is 72.9 Å². The summed E-state index contributed by atoms with van der Waals surface area (Å²) in [5.41, 5.74) is 1.57. The zero-order valence-electron chi connectivity index (χ0n) is 17.1. The molecule has 2 aromatic rings. The van der Waals surface area contributed by atoms with Crippen LogP contribution >= 0.6 is 11.3 Å². The van der Waals surface area contributed by atoms with Crippen LogP contribution in [0.25, 0.3) is 0 Å². The summed E-state index contributed by atoms with van der Waals surface area (Å²) in [7, 11) is 0. The van der Waals surface area contributed by atoms with E-state index in [1.54, 1.807) is 0 Å². The van der Waals surface area contributed by atoms with Crippen LogP contribution in [-0.4, -0.2) is 61.9 Å². The number of ether oxygens (including phenoxy) is 3. The number of hydrogen-bond acceptors (Lipinski definition) is 7. The van der Waals surface area contributed by atoms with Gasteiger partial charge in [0.15, 0.2) is 11.5 Å². The van der Waals surface area contributed by atoms with E-state index < -0.39 is 0 Å². The van der Waals surface area contributed by atoms with Gasteiger partial charge in [-0.25, -0.2) is 4.98 Å². The maximum Gasteiger partial charge on any atom is 0.270 e. The van der Waals surface area contributed by atoms with E-state index >= 15 is 0 Å². The molecule has 1 aromatic carbocycles. The fourth-order valence-corrected chi connectivity index (χ4v) is 3.92. The third kappa shape index (κ3) is 6.42. The highest BCUT2D eigenvalue weighted by atomic mass is 32.1. The van der Waals surface area contributed by atoms with Crippen LogP contribution < -0.4 is 14.8 Å². The second-order valence-corrected chi connectivity index (χ2v) is 7.61. The van der Waals surface area contributed by atoms with E-state index in [-0.39, 0.29) is 5.91 Å². The van der Waals surface area contributed by atoms with Gasteiger partial charge in [0, 0.05) is 25.0 Å². The SMILES string of the molecule is CCOc1ccc(CCNC(=O)c2csc(CN3CCOCC3)n2)cc1OCC. The zero-order valence-corrected chi connectivity index (χ0v) is 17.9. The van der Waals surface area contributed by atoms with Crippen LogP contribution in [0.1, 0.15) is 34.9 Å². The van der Waals surface area contributed by atoms with Gasteiger partial charge in [0.05, 0.1) is 33.0 Å². The van der Waals surface area contributed by atoms with Gasteiger partial charge in [0.25, 0.3) is 5.91 Å². The number of thiazole rings is 1. The molecule has 0 aliphatic carbocycles. The van der Waals surface area contributed by atoms with E-state index in [2.05, 4.69) is 15.2 Å². The lowest BCUT2D eigenvalue weighted by molar-refractivity contribution is 0.0341. The summed E-state index contributed by atoms with van der Waals surface area (Å²) < 4.78 is 16.6. The first-order valence-corrected chi connectivity index (χ1v) is 11.0. The Labute approximate surface area is 176 Å². The molecule has 8 heteroatoms. The molecule has 1 aliphatic heterocycles. The molecule has 0 unspecified atom stereocenters. The van der Waals surface area contributed by atoms with Crippen LogP contribution in [0.15, 0.2) is 23.6 Å². The van der Waals surface area contributed by atoms with Crippen molar-refractivity contribution in [1.29, 1.82) is 0 Å². The predicted octanol–water partition coefficient (Wildman–Crippen LogP) is 2.75. The molecule has 3 rings (SSSR count). The summed E-state index contributed by atoms with van der Waals surface area (Å²) in [4.78, 5) is 19.2. The molecule has 0 radical (unpaired) electrons. The van der Waals surface area contributed by atoms with Gasteiger partial charge in [0.2, 0.25) is 0 Å². The number of amides is 1. The van der Waals surface area contributed by atoms with Crippen LogP contribution in [0.2, 0.25) is 0 Å². The molecular formula is C21H29N3O4S. The fourth-order valence-electron chi connectivity index (χ4n) is 3.10. The zero-order chi connectivity index (χ0) is 20.5. The van der Waals surface area contributed by atoms with Gasteiger partial charge in [-0.15, -0.1) is 11.3 Å². The lowest BCUT2D eigenvalue weighted by Crippen LogP contribution is -2.35. The van der Waals surface area contributed by atoms with Gasteiger partial charge in [-0.3, -0.25) is 9.69 Å². The van der Waals surface area contributed by atoms with Gasteiger partial charge in [-0.2, -0.15) is 0 Å². The number of benzene rings is 1. The van der Waals surface area contributed by atoms with Gasteiger partial charge >= 0.3 is 0 Å². The minimum absolute atomic E-state index is 0.134. The van der Waals surface area contributed by atoms with Gasteiger partial charge in [0.1, 0.15) is 10.7 Å². The third-order valence-electron chi connectivity index (χ3n) is 4.55. The van der Waals surface area contributed by atoms with Crippen molar-refractivity contribution in [2.45, 2.75) is 26.8 Å². The molecule has 1 amide bonds. The Balaban J connectivity index is 1.49. The fraction of sp³-hybridized carbons (Fsp3) is 0.524. The molecule has 2 heterocycles. The van der Waals surface area contributed by atoms with Crippen LogP contribution in [-0.2, 0) is 17.7 Å². The Morgan fingerprint density at radius 2 is 1.97 bits per heavy atom. The van der Waals surface area contributed by atoms with Crippen LogP contribution in [0.3, 0.4) is 0 Å². The molecule has 0 atom stereocenters. The Kier molecular flexibility index (Phi) is 8.27. The highest BCUT2D eigenvalue weighted by Crippen LogP contribution is 2.28. The van der Waals surface area contributed by atoms with Crippen LogP contribution in [0, 0.1) is 0 Å². The van der Waals surface area contributed by atoms with Crippen molar-refractivity contribution in [3.05, 3.63) is 39.8 Å². The number of nitrogens with zero attached hydrogens (tertiary/aromatic N) is 2. The summed E-state index contributed by atoms with van der Waals surface area (Å²) in [5, 5.41) is 5.75. The monoisotopic (exact) mass is 419 g/mol. The molecule has 0 saturated carbocycles. The van der Waals surface area contributed by atoms with Crippen LogP contribution in [0.4, 0.5) is 0 Å². The molecule has 0 spiro atoms. The smallest absolute Gasteiger partial charge is 0.270 e. The van der Waals surface area contributed by atoms with Crippen LogP contribution in [0.5, 0.6) is 11.5 Å². The lowest BCUT2D eigenvalue weighted by Gasteiger charge is -2.25. The van der Waals surface area contributed by atoms with Crippen molar-refractivity contribution >= 4 is 17.2 Å². The molecule has 0 bridgehead atoms. The summed E-state index contributed by atoms with van der Waals surface area (Å²) in [6.07, 6.45) is 0.711. The van der Waals surface area contributed by atoms with E-state index in [1.165, 1.54) is 11.3 Å². The Morgan fingerprint density at radius 3 is 2.72 bits per heavy atom. The minimum Gasteiger partial charge on any atom is -0.490 e. The molecule has 1 aliphatic rings. The standard InChI is InChI=1S/C21H29N3O4S/c1-3-27-18-6-5-16(13-19(18)28-4-2)7-8-22-21(25)17-15-29-20(23-17)14-24-9-11-26-12-10-24/h5-6,13,15H,3-4,7-12,14H2,1-2H3,(H,22,25). The van der Waals surface area contributed by atoms with E-state index in [1.807, 2.05) is 37.4 Å². The second-order valence-electron chi connectivity index (χ2n) is 6.67. The van der Waals surface area contributed by atoms with E-state index in [9.17, 15) is 4.79 Å². The number of rotatable bonds is 10. The largest absolute Gasteiger partial charge is 0.490 e. The molecule has 1 aromatic heterocycles. The minimum atomic E-state index is -0.134. The van der Waals surface area contributed by atoms with Crippen molar-refractivity contribution in [2.24, 2.45) is 0 Å². The Hall–Kier alpha value is -2.16. The molecule has 1 N–H and O–H groups in total. The number of nitrogens with one attached hydrogen (secondary N) is 1. The molecular weight excluding hydrogens is 390 g/mol. The third-order valence-corrected chi connectivity index (χ3v) is 5.39. The quantitative estimate of drug-likeness (QED) is 0.638. The normalized spacial score (nSPS) is 14.6. The van der Waals surface area contributed by atoms with Crippen molar-refractivity contribution in [3.8, 4) is 11.5 Å². The highest BCUT2D eigenvalue weighted by molar-refractivity contribution is 7.09. The summed E-state index contributed by atoms with van der Waals surface area (Å²) >= 11 is 1.53. The van der Waals surface area contributed by atoms with Crippen molar-refractivity contribution in [2.75, 3.05) is 46.1 Å². The predicted molar refractivity (Wildman–Crippen MR) is 113 cm³/mol. The first kappa shape index (κ1) is 21.5. The number of aromatic nitrogens is 1. The van der Waals surface area contributed by atoms with E-state index in [0.29, 0.717) is 31.9 Å². The van der Waals surface area contributed by atoms with Crippen molar-refractivity contribution in [3.63, 3.8) is 0 Å². The van der Waals surface area contributed by atoms with Gasteiger partial charge < -0.3 is 19.5 Å². The van der Waals surface area contributed by atoms with E-state index in [4.69, 9.17) is 14.2 Å². The van der Waals surface area contributed by atoms with Crippen molar-refractivity contribution < 1.29 is 19.0 Å². The first-order chi connectivity index (χ1) is 14.2. The summed E-state index contributed by atoms with van der Waals surface area (Å²) in [6, 6.07) is 5.90. The van der Waals surface area contributed by atoms with Gasteiger partial charge in [-0.1, -0.05) is 6.07 Å². The maximum atomic E-state index is 12.4. The summed E-state index contributed by atoms with van der Waals surface area (Å²) in [6.45, 7) is 9.72. The summed E-state index contributed by atoms with van der Waals surface area (Å²) in [5.74, 6) is 1.35. The maximum absolute atomic E-state index is 12.4. The Morgan fingerprint density at radius 1 is 1.21 bits per heavy atom. The Bertz CT molecular complexity index is 790.